The van der Waals surface area contributed by atoms with Gasteiger partial charge in [-0.3, -0.25) is 9.48 Å². The Balaban J connectivity index is 1.33. The Hall–Kier alpha value is -2.14. The molecule has 5 nitrogen and oxygen atoms in total. The number of piperidine rings is 1. The number of carbonyl (C=O) groups is 1. The Morgan fingerprint density at radius 3 is 2.59 bits per heavy atom. The monoisotopic (exact) mass is 366 g/mol. The van der Waals surface area contributed by atoms with Gasteiger partial charge in [-0.25, -0.2) is 0 Å². The minimum Gasteiger partial charge on any atom is -0.352 e. The van der Waals surface area contributed by atoms with Gasteiger partial charge in [-0.1, -0.05) is 30.3 Å². The van der Waals surface area contributed by atoms with Crippen molar-refractivity contribution in [2.24, 2.45) is 5.92 Å². The van der Waals surface area contributed by atoms with Crippen molar-refractivity contribution in [3.05, 3.63) is 52.8 Å². The Labute approximate surface area is 161 Å². The molecule has 1 aromatic carbocycles. The Morgan fingerprint density at radius 1 is 1.19 bits per heavy atom. The number of aryl methyl sites for hydroxylation is 1. The highest BCUT2D eigenvalue weighted by Crippen LogP contribution is 2.32. The van der Waals surface area contributed by atoms with E-state index in [1.165, 1.54) is 18.4 Å². The molecular formula is C22H30N4O. The summed E-state index contributed by atoms with van der Waals surface area (Å²) in [5.74, 6) is 0.711. The highest BCUT2D eigenvalue weighted by molar-refractivity contribution is 5.76. The van der Waals surface area contributed by atoms with Gasteiger partial charge in [-0.2, -0.15) is 5.10 Å². The van der Waals surface area contributed by atoms with Crippen LogP contribution in [0.25, 0.3) is 0 Å². The molecule has 1 amide bonds. The SMILES string of the molecule is Cc1nn(Cc2ccccc2)c(C)c1CNC(=O)CC1CC2CCC(C1)N2. The minimum atomic E-state index is 0.177. The van der Waals surface area contributed by atoms with E-state index >= 15 is 0 Å². The van der Waals surface area contributed by atoms with Crippen LogP contribution in [-0.4, -0.2) is 27.8 Å². The average Bonchev–Trinajstić information content (AvgIpc) is 3.12. The number of fused-ring (bicyclic) bond motifs is 2. The summed E-state index contributed by atoms with van der Waals surface area (Å²) < 4.78 is 2.04. The predicted molar refractivity (Wildman–Crippen MR) is 106 cm³/mol. The molecule has 27 heavy (non-hydrogen) atoms. The predicted octanol–water partition coefficient (Wildman–Crippen LogP) is 3.09. The quantitative estimate of drug-likeness (QED) is 0.826. The van der Waals surface area contributed by atoms with E-state index in [1.807, 2.05) is 17.7 Å². The van der Waals surface area contributed by atoms with Gasteiger partial charge in [0.05, 0.1) is 12.2 Å². The van der Waals surface area contributed by atoms with E-state index in [9.17, 15) is 4.79 Å². The van der Waals surface area contributed by atoms with Gasteiger partial charge in [-0.15, -0.1) is 0 Å². The molecule has 2 bridgehead atoms. The third-order valence-corrected chi connectivity index (χ3v) is 6.21. The molecule has 2 N–H and O–H groups in total. The Bertz CT molecular complexity index is 786. The molecular weight excluding hydrogens is 336 g/mol. The molecule has 2 aliphatic heterocycles. The van der Waals surface area contributed by atoms with Crippen LogP contribution in [0.5, 0.6) is 0 Å². The first-order valence-electron chi connectivity index (χ1n) is 10.2. The molecule has 3 heterocycles. The van der Waals surface area contributed by atoms with E-state index in [4.69, 9.17) is 0 Å². The lowest BCUT2D eigenvalue weighted by Gasteiger charge is -2.28. The van der Waals surface area contributed by atoms with Gasteiger partial charge in [0, 0.05) is 36.3 Å². The molecule has 2 fully saturated rings. The van der Waals surface area contributed by atoms with Gasteiger partial charge in [0.25, 0.3) is 0 Å². The second-order valence-electron chi connectivity index (χ2n) is 8.25. The molecule has 0 spiro atoms. The zero-order valence-corrected chi connectivity index (χ0v) is 16.4. The standard InChI is InChI=1S/C22H30N4O/c1-15-21(16(2)26(25-15)14-17-6-4-3-5-7-17)13-23-22(27)12-18-10-19-8-9-20(11-18)24-19/h3-7,18-20,24H,8-14H2,1-2H3,(H,23,27). The van der Waals surface area contributed by atoms with Crippen molar-refractivity contribution < 1.29 is 4.79 Å². The van der Waals surface area contributed by atoms with Crippen LogP contribution in [0.15, 0.2) is 30.3 Å². The van der Waals surface area contributed by atoms with Crippen LogP contribution in [-0.2, 0) is 17.9 Å². The van der Waals surface area contributed by atoms with Crippen molar-refractivity contribution in [3.8, 4) is 0 Å². The summed E-state index contributed by atoms with van der Waals surface area (Å²) in [4.78, 5) is 12.5. The molecule has 2 aliphatic rings. The fourth-order valence-corrected chi connectivity index (χ4v) is 4.76. The zero-order chi connectivity index (χ0) is 18.8. The summed E-state index contributed by atoms with van der Waals surface area (Å²) >= 11 is 0. The summed E-state index contributed by atoms with van der Waals surface area (Å²) in [6.45, 7) is 5.46. The molecule has 2 atom stereocenters. The lowest BCUT2D eigenvalue weighted by molar-refractivity contribution is -0.122. The fraction of sp³-hybridized carbons (Fsp3) is 0.545. The Morgan fingerprint density at radius 2 is 1.89 bits per heavy atom. The molecule has 2 unspecified atom stereocenters. The highest BCUT2D eigenvalue weighted by Gasteiger charge is 2.34. The second-order valence-corrected chi connectivity index (χ2v) is 8.25. The first kappa shape index (κ1) is 18.2. The number of hydrogen-bond donors (Lipinski definition) is 2. The third-order valence-electron chi connectivity index (χ3n) is 6.21. The summed E-state index contributed by atoms with van der Waals surface area (Å²) in [7, 11) is 0. The highest BCUT2D eigenvalue weighted by atomic mass is 16.1. The smallest absolute Gasteiger partial charge is 0.220 e. The molecule has 0 aliphatic carbocycles. The molecule has 4 rings (SSSR count). The van der Waals surface area contributed by atoms with E-state index in [1.54, 1.807) is 0 Å². The number of benzene rings is 1. The van der Waals surface area contributed by atoms with Gasteiger partial charge >= 0.3 is 0 Å². The summed E-state index contributed by atoms with van der Waals surface area (Å²) in [5, 5.41) is 11.5. The van der Waals surface area contributed by atoms with Crippen molar-refractivity contribution >= 4 is 5.91 Å². The third kappa shape index (κ3) is 4.24. The lowest BCUT2D eigenvalue weighted by atomic mass is 9.89. The van der Waals surface area contributed by atoms with Gasteiger partial charge in [0.2, 0.25) is 5.91 Å². The summed E-state index contributed by atoms with van der Waals surface area (Å²) in [6, 6.07) is 11.6. The van der Waals surface area contributed by atoms with Gasteiger partial charge in [-0.05, 0) is 51.0 Å². The van der Waals surface area contributed by atoms with Crippen LogP contribution in [0.1, 0.15) is 54.6 Å². The molecule has 144 valence electrons. The maximum absolute atomic E-state index is 12.5. The maximum atomic E-state index is 12.5. The van der Waals surface area contributed by atoms with Crippen molar-refractivity contribution in [2.75, 3.05) is 0 Å². The summed E-state index contributed by atoms with van der Waals surface area (Å²) in [5.41, 5.74) is 4.52. The van der Waals surface area contributed by atoms with Crippen molar-refractivity contribution in [2.45, 2.75) is 71.1 Å². The molecule has 2 saturated heterocycles. The number of aromatic nitrogens is 2. The van der Waals surface area contributed by atoms with Crippen molar-refractivity contribution in [1.29, 1.82) is 0 Å². The number of amides is 1. The number of hydrogen-bond acceptors (Lipinski definition) is 3. The minimum absolute atomic E-state index is 0.177. The number of carbonyl (C=O) groups excluding carboxylic acids is 1. The van der Waals surface area contributed by atoms with Crippen LogP contribution in [0.4, 0.5) is 0 Å². The maximum Gasteiger partial charge on any atom is 0.220 e. The number of nitrogens with one attached hydrogen (secondary N) is 2. The van der Waals surface area contributed by atoms with Crippen LogP contribution in [0.3, 0.4) is 0 Å². The largest absolute Gasteiger partial charge is 0.352 e. The summed E-state index contributed by atoms with van der Waals surface area (Å²) in [6.07, 6.45) is 5.52. The first-order chi connectivity index (χ1) is 13.1. The van der Waals surface area contributed by atoms with Crippen molar-refractivity contribution in [1.82, 2.24) is 20.4 Å². The van der Waals surface area contributed by atoms with Gasteiger partial charge < -0.3 is 10.6 Å². The van der Waals surface area contributed by atoms with E-state index in [-0.39, 0.29) is 5.91 Å². The van der Waals surface area contributed by atoms with E-state index < -0.39 is 0 Å². The molecule has 0 saturated carbocycles. The van der Waals surface area contributed by atoms with Crippen LogP contribution in [0.2, 0.25) is 0 Å². The molecule has 2 aromatic rings. The topological polar surface area (TPSA) is 59.0 Å². The van der Waals surface area contributed by atoms with E-state index in [2.05, 4.69) is 46.9 Å². The van der Waals surface area contributed by atoms with Crippen molar-refractivity contribution in [3.63, 3.8) is 0 Å². The van der Waals surface area contributed by atoms with Crippen LogP contribution >= 0.6 is 0 Å². The number of nitrogens with zero attached hydrogens (tertiary/aromatic N) is 2. The molecule has 0 radical (unpaired) electrons. The molecule has 1 aromatic heterocycles. The van der Waals surface area contributed by atoms with Crippen LogP contribution < -0.4 is 10.6 Å². The van der Waals surface area contributed by atoms with Crippen LogP contribution in [0, 0.1) is 19.8 Å². The van der Waals surface area contributed by atoms with E-state index in [0.29, 0.717) is 31.0 Å². The second kappa shape index (κ2) is 7.85. The average molecular weight is 367 g/mol. The first-order valence-corrected chi connectivity index (χ1v) is 10.2. The van der Waals surface area contributed by atoms with Gasteiger partial charge in [0.15, 0.2) is 0 Å². The van der Waals surface area contributed by atoms with Gasteiger partial charge in [0.1, 0.15) is 0 Å². The lowest BCUT2D eigenvalue weighted by Crippen LogP contribution is -2.39. The molecule has 5 heteroatoms. The Kier molecular flexibility index (Phi) is 5.30. The fourth-order valence-electron chi connectivity index (χ4n) is 4.76. The zero-order valence-electron chi connectivity index (χ0n) is 16.4. The normalized spacial score (nSPS) is 24.1. The number of rotatable bonds is 6. The van der Waals surface area contributed by atoms with E-state index in [0.717, 1.165) is 36.3 Å².